The molecule has 0 aromatic heterocycles. The number of aliphatic hydroxyl groups excluding tert-OH is 2. The number of carbonyl (C=O) groups is 5. The molecule has 0 spiro atoms. The first-order valence-corrected chi connectivity index (χ1v) is 24.2. The Kier molecular flexibility index (Phi) is 23.3. The monoisotopic (exact) mass is 930 g/mol. The van der Waals surface area contributed by atoms with Gasteiger partial charge in [-0.2, -0.15) is 0 Å². The van der Waals surface area contributed by atoms with Gasteiger partial charge < -0.3 is 43.9 Å². The average Bonchev–Trinajstić information content (AvgIpc) is 3.29. The van der Waals surface area contributed by atoms with Crippen molar-refractivity contribution in [2.24, 2.45) is 35.5 Å². The van der Waals surface area contributed by atoms with E-state index in [4.69, 9.17) is 23.7 Å². The van der Waals surface area contributed by atoms with Gasteiger partial charge in [0, 0.05) is 58.5 Å². The third kappa shape index (κ3) is 15.3. The number of hydrogen-bond donors (Lipinski definition) is 3. The molecule has 3 N–H and O–H groups in total. The Balaban J connectivity index is 1.86. The highest BCUT2D eigenvalue weighted by Crippen LogP contribution is 2.38. The number of piperidine rings is 1. The van der Waals surface area contributed by atoms with E-state index in [2.05, 4.69) is 6.58 Å². The zero-order valence-corrected chi connectivity index (χ0v) is 41.7. The number of nitrogens with zero attached hydrogens (tertiary/aromatic N) is 1. The zero-order chi connectivity index (χ0) is 49.5. The Morgan fingerprint density at radius 1 is 0.939 bits per heavy atom. The maximum atomic E-state index is 14.4. The molecule has 0 bridgehead atoms. The SMILES string of the molecule is C=C/C=C(\C)[C@H](C[C@@H]1CC[C@@H](C)[C@](O)(C(=O)C(=O)N2CCCC[C@H]2C(=O)O[C@@H](CC(=O)[C@H](C)/C=C(\C)[C@@H](O)[C@@H](OC)C(=O)[C@H](C)C[C@H](C)/C=C/C)[C@H](C)C[C@@H]2CC[C@@H](O)[C@H](OC)C2)O1)OC. The fourth-order valence-corrected chi connectivity index (χ4v) is 10.1. The van der Waals surface area contributed by atoms with E-state index in [0.717, 1.165) is 12.0 Å². The molecule has 0 unspecified atom stereocenters. The van der Waals surface area contributed by atoms with Gasteiger partial charge in [0.2, 0.25) is 5.79 Å². The normalized spacial score (nSPS) is 29.2. The standard InChI is InChI=1S/C52H83NO13/c1-13-17-31(3)25-35(7)46(56)48(64-12)47(57)36(8)26-33(5)42(55)30-44(34(6)27-38-21-23-41(54)45(28-38)63-11)65-51(60)40-19-15-16-24-53(40)50(59)49(58)52(61)37(9)20-22-39(66-52)29-43(62-10)32(4)18-14-2/h13-14,17-18,26,31,33-35,37-41,43-45,47-48,54,57,61H,2,15-16,19-25,27-30H2,1,3-12H3/b17-13+,32-18+,36-26+/t31-,33-,34-,35-,37-,38+,39+,40+,41-,43+,44+,45-,47-,48+,52-/m1/s1. The first-order valence-electron chi connectivity index (χ1n) is 24.2. The summed E-state index contributed by atoms with van der Waals surface area (Å²) >= 11 is 0. The van der Waals surface area contributed by atoms with Crippen LogP contribution in [0.2, 0.25) is 0 Å². The van der Waals surface area contributed by atoms with Crippen molar-refractivity contribution >= 4 is 29.2 Å². The topological polar surface area (TPSA) is 195 Å². The minimum Gasteiger partial charge on any atom is -0.460 e. The highest BCUT2D eigenvalue weighted by molar-refractivity contribution is 6.39. The molecule has 2 heterocycles. The predicted molar refractivity (Wildman–Crippen MR) is 252 cm³/mol. The molecule has 3 rings (SSSR count). The first kappa shape index (κ1) is 57.0. The molecule has 374 valence electrons. The van der Waals surface area contributed by atoms with Crippen LogP contribution < -0.4 is 0 Å². The molecule has 14 heteroatoms. The quantitative estimate of drug-likeness (QED) is 0.0374. The molecule has 1 aliphatic carbocycles. The lowest BCUT2D eigenvalue weighted by atomic mass is 9.78. The van der Waals surface area contributed by atoms with Gasteiger partial charge in [0.1, 0.15) is 30.1 Å². The molecule has 0 radical (unpaired) electrons. The van der Waals surface area contributed by atoms with Crippen LogP contribution in [0.5, 0.6) is 0 Å². The number of ketones is 3. The Morgan fingerprint density at radius 3 is 2.26 bits per heavy atom. The number of carbonyl (C=O) groups excluding carboxylic acids is 5. The van der Waals surface area contributed by atoms with E-state index in [1.54, 1.807) is 47.1 Å². The molecule has 15 atom stereocenters. The van der Waals surface area contributed by atoms with Crippen LogP contribution in [0.3, 0.4) is 0 Å². The van der Waals surface area contributed by atoms with Crippen molar-refractivity contribution in [3.05, 3.63) is 48.1 Å². The molecule has 2 saturated heterocycles. The van der Waals surface area contributed by atoms with Gasteiger partial charge in [0.25, 0.3) is 11.7 Å². The van der Waals surface area contributed by atoms with Gasteiger partial charge in [-0.1, -0.05) is 71.6 Å². The molecule has 1 amide bonds. The second kappa shape index (κ2) is 27.0. The summed E-state index contributed by atoms with van der Waals surface area (Å²) in [5.41, 5.74) is 1.28. The van der Waals surface area contributed by atoms with Crippen molar-refractivity contribution in [3.8, 4) is 0 Å². The summed E-state index contributed by atoms with van der Waals surface area (Å²) in [7, 11) is 4.50. The van der Waals surface area contributed by atoms with Crippen LogP contribution in [0.1, 0.15) is 132 Å². The maximum Gasteiger partial charge on any atom is 0.329 e. The lowest BCUT2D eigenvalue weighted by molar-refractivity contribution is -0.265. The third-order valence-electron chi connectivity index (χ3n) is 14.4. The van der Waals surface area contributed by atoms with Crippen LogP contribution >= 0.6 is 0 Å². The number of Topliss-reactive ketones (excluding diaryl/α,β-unsaturated/α-hetero) is 3. The molecule has 66 heavy (non-hydrogen) atoms. The molecule has 3 fully saturated rings. The smallest absolute Gasteiger partial charge is 0.329 e. The van der Waals surface area contributed by atoms with Crippen molar-refractivity contribution in [2.75, 3.05) is 27.9 Å². The van der Waals surface area contributed by atoms with Crippen molar-refractivity contribution in [2.45, 2.75) is 187 Å². The number of methoxy groups -OCH3 is 3. The molecule has 1 saturated carbocycles. The molecule has 0 aromatic carbocycles. The summed E-state index contributed by atoms with van der Waals surface area (Å²) in [5, 5.41) is 33.7. The molecular weight excluding hydrogens is 847 g/mol. The lowest BCUT2D eigenvalue weighted by Gasteiger charge is -2.42. The van der Waals surface area contributed by atoms with Gasteiger partial charge in [-0.3, -0.25) is 19.2 Å². The van der Waals surface area contributed by atoms with Crippen LogP contribution in [0.25, 0.3) is 0 Å². The van der Waals surface area contributed by atoms with Crippen LogP contribution in [0.4, 0.5) is 0 Å². The number of hydrogen-bond acceptors (Lipinski definition) is 13. The first-order chi connectivity index (χ1) is 31.2. The van der Waals surface area contributed by atoms with Gasteiger partial charge in [-0.15, -0.1) is 0 Å². The molecule has 0 aromatic rings. The van der Waals surface area contributed by atoms with E-state index >= 15 is 0 Å². The second-order valence-electron chi connectivity index (χ2n) is 19.6. The molecule has 14 nitrogen and oxygen atoms in total. The zero-order valence-electron chi connectivity index (χ0n) is 41.7. The van der Waals surface area contributed by atoms with Gasteiger partial charge in [0.05, 0.1) is 24.4 Å². The fraction of sp³-hybridized carbons (Fsp3) is 0.750. The largest absolute Gasteiger partial charge is 0.460 e. The lowest BCUT2D eigenvalue weighted by Crippen LogP contribution is -2.61. The number of likely N-dealkylation sites (tertiary alicyclic amines) is 1. The van der Waals surface area contributed by atoms with Crippen LogP contribution in [-0.2, 0) is 47.7 Å². The second-order valence-corrected chi connectivity index (χ2v) is 19.6. The van der Waals surface area contributed by atoms with Crippen LogP contribution in [0.15, 0.2) is 48.1 Å². The van der Waals surface area contributed by atoms with E-state index in [0.29, 0.717) is 63.4 Å². The van der Waals surface area contributed by atoms with E-state index in [1.165, 1.54) is 12.0 Å². The number of aliphatic hydroxyl groups is 3. The third-order valence-corrected chi connectivity index (χ3v) is 14.4. The summed E-state index contributed by atoms with van der Waals surface area (Å²) < 4.78 is 29.1. The average molecular weight is 930 g/mol. The summed E-state index contributed by atoms with van der Waals surface area (Å²) in [6.45, 7) is 18.4. The van der Waals surface area contributed by atoms with E-state index in [-0.39, 0.29) is 66.8 Å². The number of ether oxygens (including phenoxy) is 5. The minimum atomic E-state index is -2.42. The summed E-state index contributed by atoms with van der Waals surface area (Å²) in [6.07, 6.45) is 9.22. The van der Waals surface area contributed by atoms with Gasteiger partial charge in [-0.05, 0) is 114 Å². The Labute approximate surface area is 394 Å². The van der Waals surface area contributed by atoms with Crippen LogP contribution in [0, 0.1) is 35.5 Å². The van der Waals surface area contributed by atoms with Gasteiger partial charge >= 0.3 is 5.97 Å². The summed E-state index contributed by atoms with van der Waals surface area (Å²) in [6, 6.07) is -1.15. The molecule has 3 aliphatic rings. The van der Waals surface area contributed by atoms with Gasteiger partial charge in [-0.25, -0.2) is 4.79 Å². The highest BCUT2D eigenvalue weighted by Gasteiger charge is 2.53. The molecule has 2 aliphatic heterocycles. The predicted octanol–water partition coefficient (Wildman–Crippen LogP) is 6.82. The Bertz CT molecular complexity index is 1720. The van der Waals surface area contributed by atoms with Crippen molar-refractivity contribution in [1.82, 2.24) is 4.90 Å². The highest BCUT2D eigenvalue weighted by atomic mass is 16.6. The number of allylic oxidation sites excluding steroid dienone is 5. The summed E-state index contributed by atoms with van der Waals surface area (Å²) in [5.74, 6) is -7.77. The number of rotatable bonds is 25. The molecular formula is C52H83NO13. The van der Waals surface area contributed by atoms with E-state index < -0.39 is 71.8 Å². The Morgan fingerprint density at radius 2 is 1.64 bits per heavy atom. The minimum absolute atomic E-state index is 0.0828. The van der Waals surface area contributed by atoms with E-state index in [9.17, 15) is 39.3 Å². The van der Waals surface area contributed by atoms with E-state index in [1.807, 2.05) is 52.8 Å². The number of esters is 1. The van der Waals surface area contributed by atoms with Crippen molar-refractivity contribution in [3.63, 3.8) is 0 Å². The maximum absolute atomic E-state index is 14.4. The van der Waals surface area contributed by atoms with Crippen molar-refractivity contribution < 1.29 is 63.0 Å². The number of amides is 1. The van der Waals surface area contributed by atoms with Gasteiger partial charge in [0.15, 0.2) is 5.78 Å². The fourth-order valence-electron chi connectivity index (χ4n) is 10.1. The van der Waals surface area contributed by atoms with Crippen LogP contribution in [-0.4, -0.2) is 132 Å². The van der Waals surface area contributed by atoms with Crippen molar-refractivity contribution in [1.29, 1.82) is 0 Å². The summed E-state index contributed by atoms with van der Waals surface area (Å²) in [4.78, 5) is 71.4. The Hall–Kier alpha value is -3.37.